The third-order valence-corrected chi connectivity index (χ3v) is 5.93. The Morgan fingerprint density at radius 1 is 0.690 bits per heavy atom. The number of aromatic nitrogens is 1. The van der Waals surface area contributed by atoms with Gasteiger partial charge in [-0.25, -0.2) is 0 Å². The summed E-state index contributed by atoms with van der Waals surface area (Å²) in [6.07, 6.45) is 11.2. The summed E-state index contributed by atoms with van der Waals surface area (Å²) in [5, 5.41) is 8.57. The van der Waals surface area contributed by atoms with Crippen molar-refractivity contribution in [3.63, 3.8) is 0 Å². The van der Waals surface area contributed by atoms with Crippen LogP contribution in [0.3, 0.4) is 0 Å². The molecular weight excluding hydrogens is 354 g/mol. The highest BCUT2D eigenvalue weighted by Crippen LogP contribution is 2.33. The Morgan fingerprint density at radius 2 is 1.38 bits per heavy atom. The Balaban J connectivity index is 1.20. The van der Waals surface area contributed by atoms with Crippen molar-refractivity contribution >= 4 is 22.3 Å². The molecule has 152 valence electrons. The van der Waals surface area contributed by atoms with Crippen molar-refractivity contribution in [2.24, 2.45) is 0 Å². The number of pyridine rings is 1. The summed E-state index contributed by atoms with van der Waals surface area (Å²) in [6, 6.07) is 19.1. The highest BCUT2D eigenvalue weighted by molar-refractivity contribution is 5.93. The first-order chi connectivity index (χ1) is 14.4. The molecule has 1 aliphatic carbocycles. The van der Waals surface area contributed by atoms with Crippen LogP contribution in [0.5, 0.6) is 0 Å². The number of anilines is 2. The zero-order valence-electron chi connectivity index (χ0n) is 17.4. The van der Waals surface area contributed by atoms with Gasteiger partial charge in [0.05, 0.1) is 5.52 Å². The summed E-state index contributed by atoms with van der Waals surface area (Å²) in [7, 11) is 0. The zero-order chi connectivity index (χ0) is 19.7. The topological polar surface area (TPSA) is 37.0 Å². The molecule has 1 heterocycles. The van der Waals surface area contributed by atoms with Gasteiger partial charge in [-0.05, 0) is 62.3 Å². The lowest BCUT2D eigenvalue weighted by Crippen LogP contribution is -2.12. The van der Waals surface area contributed by atoms with Gasteiger partial charge in [0, 0.05) is 35.5 Å². The lowest BCUT2D eigenvalue weighted by molar-refractivity contribution is 0.634. The average molecular weight is 388 g/mol. The standard InChI is InChI=1S/C26H33N3/c1(2-11-19-27-21-13-5-4-6-14-21)3-12-20-28-26-22-15-7-9-17-24(22)29-25-18-10-8-16-23(25)26/h4-7,9,13-15,17,27H,1-3,8,10-12,16,18-20H2,(H,28,29). The number of hydrogen-bond donors (Lipinski definition) is 2. The minimum Gasteiger partial charge on any atom is -0.385 e. The second kappa shape index (κ2) is 10.3. The molecule has 0 amide bonds. The Kier molecular flexibility index (Phi) is 7.01. The molecule has 4 rings (SSSR count). The monoisotopic (exact) mass is 387 g/mol. The van der Waals surface area contributed by atoms with E-state index < -0.39 is 0 Å². The van der Waals surface area contributed by atoms with Crippen molar-refractivity contribution in [2.45, 2.75) is 57.8 Å². The first kappa shape index (κ1) is 19.8. The lowest BCUT2D eigenvalue weighted by Gasteiger charge is -2.21. The van der Waals surface area contributed by atoms with E-state index in [1.807, 2.05) is 0 Å². The van der Waals surface area contributed by atoms with Crippen molar-refractivity contribution < 1.29 is 0 Å². The number of hydrogen-bond acceptors (Lipinski definition) is 3. The van der Waals surface area contributed by atoms with E-state index in [0.29, 0.717) is 0 Å². The van der Waals surface area contributed by atoms with E-state index in [9.17, 15) is 0 Å². The van der Waals surface area contributed by atoms with E-state index in [1.165, 1.54) is 79.4 Å². The molecule has 0 radical (unpaired) electrons. The highest BCUT2D eigenvalue weighted by Gasteiger charge is 2.17. The Labute approximate surface area is 174 Å². The van der Waals surface area contributed by atoms with Crippen LogP contribution >= 0.6 is 0 Å². The van der Waals surface area contributed by atoms with E-state index in [4.69, 9.17) is 4.98 Å². The van der Waals surface area contributed by atoms with Crippen LogP contribution in [0, 0.1) is 0 Å². The number of nitrogens with zero attached hydrogens (tertiary/aromatic N) is 1. The molecule has 0 saturated carbocycles. The zero-order valence-corrected chi connectivity index (χ0v) is 17.4. The van der Waals surface area contributed by atoms with Gasteiger partial charge < -0.3 is 10.6 Å². The minimum absolute atomic E-state index is 1.06. The largest absolute Gasteiger partial charge is 0.385 e. The third kappa shape index (κ3) is 5.29. The molecule has 0 aliphatic heterocycles. The van der Waals surface area contributed by atoms with Crippen LogP contribution in [0.15, 0.2) is 54.6 Å². The van der Waals surface area contributed by atoms with Crippen LogP contribution < -0.4 is 10.6 Å². The van der Waals surface area contributed by atoms with Crippen molar-refractivity contribution in [1.29, 1.82) is 0 Å². The number of rotatable bonds is 10. The molecular formula is C26H33N3. The molecule has 0 spiro atoms. The fourth-order valence-corrected chi connectivity index (χ4v) is 4.36. The summed E-state index contributed by atoms with van der Waals surface area (Å²) in [6.45, 7) is 2.13. The van der Waals surface area contributed by atoms with Gasteiger partial charge in [-0.3, -0.25) is 4.98 Å². The van der Waals surface area contributed by atoms with Crippen molar-refractivity contribution in [2.75, 3.05) is 23.7 Å². The fourth-order valence-electron chi connectivity index (χ4n) is 4.36. The van der Waals surface area contributed by atoms with Crippen LogP contribution in [0.2, 0.25) is 0 Å². The predicted molar refractivity (Wildman–Crippen MR) is 125 cm³/mol. The van der Waals surface area contributed by atoms with Gasteiger partial charge in [0.25, 0.3) is 0 Å². The van der Waals surface area contributed by atoms with Crippen LogP contribution in [0.4, 0.5) is 11.4 Å². The molecule has 1 aliphatic rings. The molecule has 0 unspecified atom stereocenters. The maximum absolute atomic E-state index is 4.94. The molecule has 2 aromatic carbocycles. The molecule has 2 N–H and O–H groups in total. The quantitative estimate of drug-likeness (QED) is 0.385. The summed E-state index contributed by atoms with van der Waals surface area (Å²) >= 11 is 0. The smallest absolute Gasteiger partial charge is 0.0726 e. The summed E-state index contributed by atoms with van der Waals surface area (Å²) in [5.41, 5.74) is 6.52. The van der Waals surface area contributed by atoms with Gasteiger partial charge in [0.2, 0.25) is 0 Å². The lowest BCUT2D eigenvalue weighted by atomic mass is 9.92. The molecule has 1 aromatic heterocycles. The van der Waals surface area contributed by atoms with Crippen molar-refractivity contribution in [3.8, 4) is 0 Å². The number of nitrogens with one attached hydrogen (secondary N) is 2. The number of benzene rings is 2. The van der Waals surface area contributed by atoms with Crippen molar-refractivity contribution in [3.05, 3.63) is 65.9 Å². The average Bonchev–Trinajstić information content (AvgIpc) is 2.78. The van der Waals surface area contributed by atoms with Crippen LogP contribution in [-0.4, -0.2) is 18.1 Å². The number of fused-ring (bicyclic) bond motifs is 2. The maximum Gasteiger partial charge on any atom is 0.0726 e. The molecule has 0 saturated heterocycles. The van der Waals surface area contributed by atoms with Gasteiger partial charge >= 0.3 is 0 Å². The van der Waals surface area contributed by atoms with Crippen LogP contribution in [0.1, 0.15) is 56.2 Å². The molecule has 0 bridgehead atoms. The normalized spacial score (nSPS) is 13.2. The SMILES string of the molecule is c1ccc(NCCCCCCCNc2c3c(nc4ccccc24)CCCC3)cc1. The summed E-state index contributed by atoms with van der Waals surface area (Å²) in [5.74, 6) is 0. The van der Waals surface area contributed by atoms with Gasteiger partial charge in [-0.2, -0.15) is 0 Å². The predicted octanol–water partition coefficient (Wildman–Crippen LogP) is 6.59. The van der Waals surface area contributed by atoms with Gasteiger partial charge in [-0.15, -0.1) is 0 Å². The maximum atomic E-state index is 4.94. The summed E-state index contributed by atoms with van der Waals surface area (Å²) < 4.78 is 0. The number of aryl methyl sites for hydroxylation is 1. The van der Waals surface area contributed by atoms with Gasteiger partial charge in [0.15, 0.2) is 0 Å². The van der Waals surface area contributed by atoms with E-state index in [2.05, 4.69) is 65.2 Å². The number of unbranched alkanes of at least 4 members (excludes halogenated alkanes) is 4. The van der Waals surface area contributed by atoms with Crippen LogP contribution in [0.25, 0.3) is 10.9 Å². The molecule has 3 heteroatoms. The first-order valence-corrected chi connectivity index (χ1v) is 11.3. The van der Waals surface area contributed by atoms with E-state index in [1.54, 1.807) is 0 Å². The van der Waals surface area contributed by atoms with Gasteiger partial charge in [0.1, 0.15) is 0 Å². The second-order valence-electron chi connectivity index (χ2n) is 8.12. The molecule has 3 nitrogen and oxygen atoms in total. The van der Waals surface area contributed by atoms with E-state index >= 15 is 0 Å². The molecule has 3 aromatic rings. The van der Waals surface area contributed by atoms with Crippen LogP contribution in [-0.2, 0) is 12.8 Å². The third-order valence-electron chi connectivity index (χ3n) is 5.93. The first-order valence-electron chi connectivity index (χ1n) is 11.3. The Bertz CT molecular complexity index is 904. The Morgan fingerprint density at radius 3 is 2.24 bits per heavy atom. The minimum atomic E-state index is 1.06. The molecule has 0 atom stereocenters. The van der Waals surface area contributed by atoms with E-state index in [-0.39, 0.29) is 0 Å². The van der Waals surface area contributed by atoms with Crippen molar-refractivity contribution in [1.82, 2.24) is 4.98 Å². The molecule has 29 heavy (non-hydrogen) atoms. The highest BCUT2D eigenvalue weighted by atomic mass is 14.9. The number of para-hydroxylation sites is 2. The van der Waals surface area contributed by atoms with E-state index in [0.717, 1.165) is 25.0 Å². The second-order valence-corrected chi connectivity index (χ2v) is 8.12. The Hall–Kier alpha value is -2.55. The summed E-state index contributed by atoms with van der Waals surface area (Å²) in [4.78, 5) is 4.94. The molecule has 0 fully saturated rings. The van der Waals surface area contributed by atoms with Gasteiger partial charge in [-0.1, -0.05) is 55.7 Å². The fraction of sp³-hybridized carbons (Fsp3) is 0.423.